The SMILES string of the molecule is Cc1cc(N2CC(c3cc(Cl)cc(Cl)c3)(C(F)(F)F)C=N2)ccc1C(=O)NCC(=O)NCC(F)(F)F. The summed E-state index contributed by atoms with van der Waals surface area (Å²) >= 11 is 11.8. The van der Waals surface area contributed by atoms with E-state index < -0.39 is 49.2 Å². The van der Waals surface area contributed by atoms with Gasteiger partial charge in [0.05, 0.1) is 18.8 Å². The van der Waals surface area contributed by atoms with Crippen molar-refractivity contribution in [3.05, 3.63) is 63.1 Å². The van der Waals surface area contributed by atoms with Gasteiger partial charge in [-0.1, -0.05) is 23.2 Å². The third-order valence-corrected chi connectivity index (χ3v) is 5.78. The lowest BCUT2D eigenvalue weighted by atomic mass is 9.81. The number of benzene rings is 2. The van der Waals surface area contributed by atoms with Gasteiger partial charge in [0.2, 0.25) is 5.91 Å². The van der Waals surface area contributed by atoms with Crippen molar-refractivity contribution in [3.8, 4) is 0 Å². The quantitative estimate of drug-likeness (QED) is 0.493. The van der Waals surface area contributed by atoms with Crippen LogP contribution in [0, 0.1) is 6.92 Å². The standard InChI is InChI=1S/C22H18Cl2F6N4O2/c1-12-4-16(2-3-17(12)19(36)31-8-18(35)32-10-21(25,26)27)34-11-20(9-33-34,22(28,29)30)13-5-14(23)7-15(24)6-13/h2-7,9H,8,10-11H2,1H3,(H,31,36)(H,32,35). The first-order valence-corrected chi connectivity index (χ1v) is 11.0. The summed E-state index contributed by atoms with van der Waals surface area (Å²) in [6.45, 7) is -1.33. The molecule has 1 atom stereocenters. The molecule has 1 aliphatic rings. The van der Waals surface area contributed by atoms with Crippen LogP contribution in [-0.4, -0.2) is 50.0 Å². The van der Waals surface area contributed by atoms with E-state index in [4.69, 9.17) is 23.2 Å². The molecule has 1 heterocycles. The van der Waals surface area contributed by atoms with Crippen LogP contribution in [0.25, 0.3) is 0 Å². The number of hydrogen-bond acceptors (Lipinski definition) is 4. The molecular weight excluding hydrogens is 537 g/mol. The molecular formula is C22H18Cl2F6N4O2. The molecule has 3 rings (SSSR count). The normalized spacial score (nSPS) is 17.9. The summed E-state index contributed by atoms with van der Waals surface area (Å²) in [5, 5.41) is 8.93. The highest BCUT2D eigenvalue weighted by atomic mass is 35.5. The van der Waals surface area contributed by atoms with Crippen molar-refractivity contribution < 1.29 is 35.9 Å². The van der Waals surface area contributed by atoms with Crippen LogP contribution in [0.1, 0.15) is 21.5 Å². The van der Waals surface area contributed by atoms with Crippen LogP contribution < -0.4 is 15.6 Å². The van der Waals surface area contributed by atoms with E-state index in [0.717, 1.165) is 11.2 Å². The summed E-state index contributed by atoms with van der Waals surface area (Å²) < 4.78 is 79.1. The Bertz CT molecular complexity index is 1180. The van der Waals surface area contributed by atoms with Gasteiger partial charge in [-0.3, -0.25) is 14.6 Å². The zero-order chi connectivity index (χ0) is 26.9. The number of carbonyl (C=O) groups excluding carboxylic acids is 2. The van der Waals surface area contributed by atoms with Gasteiger partial charge in [0.25, 0.3) is 5.91 Å². The summed E-state index contributed by atoms with van der Waals surface area (Å²) in [6, 6.07) is 7.74. The fourth-order valence-corrected chi connectivity index (χ4v) is 4.05. The molecule has 0 spiro atoms. The van der Waals surface area contributed by atoms with Gasteiger partial charge >= 0.3 is 12.4 Å². The molecule has 2 N–H and O–H groups in total. The highest BCUT2D eigenvalue weighted by Crippen LogP contribution is 2.45. The largest absolute Gasteiger partial charge is 0.405 e. The van der Waals surface area contributed by atoms with Crippen molar-refractivity contribution in [2.75, 3.05) is 24.6 Å². The highest BCUT2D eigenvalue weighted by molar-refractivity contribution is 6.34. The van der Waals surface area contributed by atoms with Crippen molar-refractivity contribution in [1.82, 2.24) is 10.6 Å². The monoisotopic (exact) mass is 554 g/mol. The lowest BCUT2D eigenvalue weighted by Gasteiger charge is -2.31. The van der Waals surface area contributed by atoms with E-state index in [9.17, 15) is 35.9 Å². The Labute approximate surface area is 211 Å². The summed E-state index contributed by atoms with van der Waals surface area (Å²) in [7, 11) is 0. The molecule has 194 valence electrons. The predicted octanol–water partition coefficient (Wildman–Crippen LogP) is 5.02. The first kappa shape index (κ1) is 27.6. The van der Waals surface area contributed by atoms with Gasteiger partial charge in [0.1, 0.15) is 12.0 Å². The van der Waals surface area contributed by atoms with E-state index in [-0.39, 0.29) is 26.9 Å². The maximum Gasteiger partial charge on any atom is 0.405 e. The van der Waals surface area contributed by atoms with Crippen LogP contribution >= 0.6 is 23.2 Å². The number of alkyl halides is 6. The molecule has 2 aromatic rings. The Kier molecular flexibility index (Phi) is 7.80. The molecule has 1 aliphatic heterocycles. The van der Waals surface area contributed by atoms with Gasteiger partial charge in [-0.05, 0) is 54.4 Å². The van der Waals surface area contributed by atoms with Crippen molar-refractivity contribution in [2.45, 2.75) is 24.7 Å². The number of anilines is 1. The summed E-state index contributed by atoms with van der Waals surface area (Å²) in [5.41, 5.74) is -2.01. The van der Waals surface area contributed by atoms with E-state index in [2.05, 4.69) is 10.4 Å². The van der Waals surface area contributed by atoms with Crippen molar-refractivity contribution in [3.63, 3.8) is 0 Å². The lowest BCUT2D eigenvalue weighted by Crippen LogP contribution is -2.47. The van der Waals surface area contributed by atoms with E-state index >= 15 is 0 Å². The number of nitrogens with zero attached hydrogens (tertiary/aromatic N) is 2. The maximum absolute atomic E-state index is 14.2. The number of carbonyl (C=O) groups is 2. The predicted molar refractivity (Wildman–Crippen MR) is 123 cm³/mol. The van der Waals surface area contributed by atoms with Crippen molar-refractivity contribution in [1.29, 1.82) is 0 Å². The van der Waals surface area contributed by atoms with Crippen LogP contribution in [0.5, 0.6) is 0 Å². The summed E-state index contributed by atoms with van der Waals surface area (Å²) in [6.07, 6.45) is -8.56. The van der Waals surface area contributed by atoms with Crippen LogP contribution in [0.3, 0.4) is 0 Å². The topological polar surface area (TPSA) is 73.8 Å². The summed E-state index contributed by atoms with van der Waals surface area (Å²) in [5.74, 6) is -1.78. The number of aryl methyl sites for hydroxylation is 1. The van der Waals surface area contributed by atoms with E-state index in [1.54, 1.807) is 5.32 Å². The molecule has 0 aliphatic carbocycles. The summed E-state index contributed by atoms with van der Waals surface area (Å²) in [4.78, 5) is 23.8. The van der Waals surface area contributed by atoms with E-state index in [1.165, 1.54) is 43.3 Å². The van der Waals surface area contributed by atoms with Crippen molar-refractivity contribution in [2.24, 2.45) is 5.10 Å². The molecule has 0 fully saturated rings. The lowest BCUT2D eigenvalue weighted by molar-refractivity contribution is -0.164. The number of halogens is 8. The molecule has 14 heteroatoms. The highest BCUT2D eigenvalue weighted by Gasteiger charge is 2.58. The van der Waals surface area contributed by atoms with Crippen LogP contribution in [0.15, 0.2) is 41.5 Å². The second kappa shape index (κ2) is 10.2. The molecule has 1 unspecified atom stereocenters. The molecule has 0 bridgehead atoms. The number of hydrogen-bond donors (Lipinski definition) is 2. The van der Waals surface area contributed by atoms with Gasteiger partial charge in [0.15, 0.2) is 0 Å². The van der Waals surface area contributed by atoms with Crippen LogP contribution in [0.2, 0.25) is 10.0 Å². The second-order valence-corrected chi connectivity index (χ2v) is 8.88. The van der Waals surface area contributed by atoms with Gasteiger partial charge in [-0.2, -0.15) is 31.4 Å². The number of amides is 2. The minimum absolute atomic E-state index is 0.0336. The minimum Gasteiger partial charge on any atom is -0.345 e. The minimum atomic E-state index is -4.74. The molecule has 0 saturated heterocycles. The second-order valence-electron chi connectivity index (χ2n) is 8.00. The number of rotatable bonds is 6. The van der Waals surface area contributed by atoms with Crippen molar-refractivity contribution >= 4 is 46.9 Å². The third kappa shape index (κ3) is 6.22. The molecule has 0 aromatic heterocycles. The molecule has 0 radical (unpaired) electrons. The average Bonchev–Trinajstić information content (AvgIpc) is 3.22. The Morgan fingerprint density at radius 1 is 1.03 bits per heavy atom. The molecule has 2 aromatic carbocycles. The van der Waals surface area contributed by atoms with Crippen LogP contribution in [0.4, 0.5) is 32.0 Å². The van der Waals surface area contributed by atoms with Gasteiger partial charge in [0, 0.05) is 21.8 Å². The van der Waals surface area contributed by atoms with E-state index in [1.807, 2.05) is 0 Å². The Balaban J connectivity index is 1.75. The Morgan fingerprint density at radius 2 is 1.67 bits per heavy atom. The van der Waals surface area contributed by atoms with Gasteiger partial charge in [-0.25, -0.2) is 0 Å². The number of hydrazone groups is 1. The zero-order valence-corrected chi connectivity index (χ0v) is 19.9. The van der Waals surface area contributed by atoms with Gasteiger partial charge < -0.3 is 10.6 Å². The maximum atomic E-state index is 14.2. The molecule has 36 heavy (non-hydrogen) atoms. The first-order valence-electron chi connectivity index (χ1n) is 10.2. The van der Waals surface area contributed by atoms with Gasteiger partial charge in [-0.15, -0.1) is 0 Å². The Hall–Kier alpha value is -2.99. The fourth-order valence-electron chi connectivity index (χ4n) is 3.53. The smallest absolute Gasteiger partial charge is 0.345 e. The van der Waals surface area contributed by atoms with E-state index in [0.29, 0.717) is 5.56 Å². The first-order chi connectivity index (χ1) is 16.6. The molecule has 2 amide bonds. The fraction of sp³-hybridized carbons (Fsp3) is 0.318. The van der Waals surface area contributed by atoms with Crippen LogP contribution in [-0.2, 0) is 10.2 Å². The molecule has 0 saturated carbocycles. The average molecular weight is 555 g/mol. The zero-order valence-electron chi connectivity index (χ0n) is 18.4. The number of nitrogens with one attached hydrogen (secondary N) is 2. The Morgan fingerprint density at radius 3 is 2.22 bits per heavy atom. The molecule has 6 nitrogen and oxygen atoms in total. The third-order valence-electron chi connectivity index (χ3n) is 5.35.